The lowest BCUT2D eigenvalue weighted by atomic mass is 9.99. The van der Waals surface area contributed by atoms with E-state index in [2.05, 4.69) is 0 Å². The van der Waals surface area contributed by atoms with Crippen LogP contribution in [0.5, 0.6) is 5.75 Å². The summed E-state index contributed by atoms with van der Waals surface area (Å²) in [4.78, 5) is 0. The van der Waals surface area contributed by atoms with Crippen LogP contribution in [0.15, 0.2) is 30.3 Å². The van der Waals surface area contributed by atoms with Crippen molar-refractivity contribution in [3.05, 3.63) is 62.3 Å². The van der Waals surface area contributed by atoms with Gasteiger partial charge in [0.2, 0.25) is 0 Å². The van der Waals surface area contributed by atoms with E-state index in [4.69, 9.17) is 45.3 Å². The largest absolute Gasteiger partial charge is 0.492 e. The summed E-state index contributed by atoms with van der Waals surface area (Å²) in [5.41, 5.74) is 7.42. The molecule has 21 heavy (non-hydrogen) atoms. The Morgan fingerprint density at radius 3 is 2.43 bits per heavy atom. The Kier molecular flexibility index (Phi) is 5.33. The number of nitrogens with two attached hydrogens (primary N) is 1. The van der Waals surface area contributed by atoms with Gasteiger partial charge in [-0.1, -0.05) is 40.9 Å². The number of benzene rings is 2. The monoisotopic (exact) mass is 347 g/mol. The fourth-order valence-corrected chi connectivity index (χ4v) is 2.62. The summed E-state index contributed by atoms with van der Waals surface area (Å²) in [6.07, 6.45) is 0. The zero-order valence-electron chi connectivity index (χ0n) is 11.2. The van der Waals surface area contributed by atoms with Gasteiger partial charge in [0.15, 0.2) is 0 Å². The summed E-state index contributed by atoms with van der Waals surface area (Å²) in [5.74, 6) is 0.000643. The summed E-state index contributed by atoms with van der Waals surface area (Å²) in [6, 6.07) is 7.00. The van der Waals surface area contributed by atoms with Gasteiger partial charge >= 0.3 is 0 Å². The minimum atomic E-state index is -0.566. The first-order chi connectivity index (χ1) is 9.93. The Labute approximate surface area is 137 Å². The van der Waals surface area contributed by atoms with Gasteiger partial charge in [-0.3, -0.25) is 0 Å². The van der Waals surface area contributed by atoms with Crippen LogP contribution >= 0.6 is 34.8 Å². The smallest absolute Gasteiger partial charge is 0.141 e. The second kappa shape index (κ2) is 6.84. The van der Waals surface area contributed by atoms with Gasteiger partial charge in [-0.2, -0.15) is 0 Å². The molecule has 6 heteroatoms. The van der Waals surface area contributed by atoms with Crippen molar-refractivity contribution < 1.29 is 9.13 Å². The maximum absolute atomic E-state index is 13.2. The Morgan fingerprint density at radius 2 is 1.81 bits per heavy atom. The summed E-state index contributed by atoms with van der Waals surface area (Å²) in [6.45, 7) is 2.33. The van der Waals surface area contributed by atoms with E-state index in [9.17, 15) is 4.39 Å². The summed E-state index contributed by atoms with van der Waals surface area (Å²) in [5, 5.41) is 0.854. The normalized spacial score (nSPS) is 12.3. The molecule has 0 aromatic heterocycles. The van der Waals surface area contributed by atoms with E-state index < -0.39 is 11.9 Å². The van der Waals surface area contributed by atoms with E-state index in [1.807, 2.05) is 6.92 Å². The standard InChI is InChI=1S/C15H13Cl3FNO/c1-2-21-14-7-10(16)9(6-12(14)18)15(20)8-3-4-13(19)11(17)5-8/h3-7,15H,2,20H2,1H3. The highest BCUT2D eigenvalue weighted by molar-refractivity contribution is 6.34. The first kappa shape index (κ1) is 16.4. The summed E-state index contributed by atoms with van der Waals surface area (Å²) < 4.78 is 18.6. The molecule has 2 N–H and O–H groups in total. The van der Waals surface area contributed by atoms with E-state index in [1.165, 1.54) is 12.1 Å². The molecular formula is C15H13Cl3FNO. The third kappa shape index (κ3) is 3.61. The topological polar surface area (TPSA) is 35.2 Å². The van der Waals surface area contributed by atoms with Gasteiger partial charge < -0.3 is 10.5 Å². The van der Waals surface area contributed by atoms with Crippen molar-refractivity contribution in [1.29, 1.82) is 0 Å². The Hall–Kier alpha value is -1.000. The van der Waals surface area contributed by atoms with Crippen molar-refractivity contribution in [3.8, 4) is 5.75 Å². The second-order valence-corrected chi connectivity index (χ2v) is 5.61. The molecule has 2 nitrogen and oxygen atoms in total. The Bertz CT molecular complexity index is 664. The van der Waals surface area contributed by atoms with E-state index in [1.54, 1.807) is 18.2 Å². The van der Waals surface area contributed by atoms with Crippen LogP contribution < -0.4 is 10.5 Å². The van der Waals surface area contributed by atoms with Crippen LogP contribution in [0, 0.1) is 5.82 Å². The van der Waals surface area contributed by atoms with Crippen LogP contribution in [0.2, 0.25) is 15.1 Å². The van der Waals surface area contributed by atoms with Crippen molar-refractivity contribution in [1.82, 2.24) is 0 Å². The molecule has 0 radical (unpaired) electrons. The number of hydrogen-bond donors (Lipinski definition) is 1. The van der Waals surface area contributed by atoms with Gasteiger partial charge in [-0.05, 0) is 36.2 Å². The molecule has 0 aliphatic carbocycles. The lowest BCUT2D eigenvalue weighted by molar-refractivity contribution is 0.340. The molecule has 0 aliphatic rings. The quantitative estimate of drug-likeness (QED) is 0.821. The van der Waals surface area contributed by atoms with Crippen molar-refractivity contribution >= 4 is 34.8 Å². The Balaban J connectivity index is 2.40. The molecule has 0 spiro atoms. The molecule has 0 amide bonds. The molecule has 2 aromatic carbocycles. The molecule has 2 aromatic rings. The minimum absolute atomic E-state index is 0.0103. The average Bonchev–Trinajstić information content (AvgIpc) is 2.45. The third-order valence-electron chi connectivity index (χ3n) is 2.99. The lowest BCUT2D eigenvalue weighted by Crippen LogP contribution is -2.13. The molecule has 0 heterocycles. The molecule has 1 unspecified atom stereocenters. The van der Waals surface area contributed by atoms with Crippen LogP contribution in [-0.2, 0) is 0 Å². The van der Waals surface area contributed by atoms with E-state index in [0.29, 0.717) is 33.5 Å². The lowest BCUT2D eigenvalue weighted by Gasteiger charge is -2.17. The maximum atomic E-state index is 13.2. The zero-order chi connectivity index (χ0) is 15.6. The van der Waals surface area contributed by atoms with Gasteiger partial charge in [-0.25, -0.2) is 4.39 Å². The fourth-order valence-electron chi connectivity index (χ4n) is 1.93. The molecule has 1 atom stereocenters. The molecular weight excluding hydrogens is 336 g/mol. The predicted octanol–water partition coefficient (Wildman–Crippen LogP) is 5.23. The molecule has 0 bridgehead atoms. The highest BCUT2D eigenvalue weighted by atomic mass is 35.5. The van der Waals surface area contributed by atoms with E-state index in [-0.39, 0.29) is 5.02 Å². The maximum Gasteiger partial charge on any atom is 0.141 e. The molecule has 0 saturated carbocycles. The molecule has 112 valence electrons. The van der Waals surface area contributed by atoms with Crippen molar-refractivity contribution in [2.75, 3.05) is 6.61 Å². The van der Waals surface area contributed by atoms with Crippen LogP contribution in [-0.4, -0.2) is 6.61 Å². The van der Waals surface area contributed by atoms with Crippen LogP contribution in [0.4, 0.5) is 4.39 Å². The number of hydrogen-bond acceptors (Lipinski definition) is 2. The first-order valence-electron chi connectivity index (χ1n) is 6.26. The van der Waals surface area contributed by atoms with Crippen molar-refractivity contribution in [3.63, 3.8) is 0 Å². The Morgan fingerprint density at radius 1 is 1.10 bits per heavy atom. The van der Waals surface area contributed by atoms with Crippen LogP contribution in [0.25, 0.3) is 0 Å². The summed E-state index contributed by atoms with van der Waals surface area (Å²) >= 11 is 18.1. The van der Waals surface area contributed by atoms with Crippen LogP contribution in [0.1, 0.15) is 24.1 Å². The first-order valence-corrected chi connectivity index (χ1v) is 7.39. The van der Waals surface area contributed by atoms with Crippen molar-refractivity contribution in [2.45, 2.75) is 13.0 Å². The van der Waals surface area contributed by atoms with E-state index >= 15 is 0 Å². The van der Waals surface area contributed by atoms with E-state index in [0.717, 1.165) is 0 Å². The van der Waals surface area contributed by atoms with Gasteiger partial charge in [0, 0.05) is 11.1 Å². The minimum Gasteiger partial charge on any atom is -0.492 e. The number of halogens is 4. The number of ether oxygens (including phenoxy) is 1. The highest BCUT2D eigenvalue weighted by Gasteiger charge is 2.17. The van der Waals surface area contributed by atoms with Crippen molar-refractivity contribution in [2.24, 2.45) is 5.73 Å². The van der Waals surface area contributed by atoms with Gasteiger partial charge in [-0.15, -0.1) is 0 Å². The predicted molar refractivity (Wildman–Crippen MR) is 85.1 cm³/mol. The van der Waals surface area contributed by atoms with Gasteiger partial charge in [0.05, 0.1) is 22.7 Å². The average molecular weight is 349 g/mol. The van der Waals surface area contributed by atoms with Crippen LogP contribution in [0.3, 0.4) is 0 Å². The third-order valence-corrected chi connectivity index (χ3v) is 3.90. The highest BCUT2D eigenvalue weighted by Crippen LogP contribution is 2.36. The molecule has 0 fully saturated rings. The molecule has 2 rings (SSSR count). The van der Waals surface area contributed by atoms with Gasteiger partial charge in [0.1, 0.15) is 11.6 Å². The number of rotatable bonds is 4. The van der Waals surface area contributed by atoms with Gasteiger partial charge in [0.25, 0.3) is 0 Å². The SMILES string of the molecule is CCOc1cc(Cl)c(C(N)c2ccc(F)c(Cl)c2)cc1Cl. The zero-order valence-corrected chi connectivity index (χ0v) is 13.4. The fraction of sp³-hybridized carbons (Fsp3) is 0.200. The second-order valence-electron chi connectivity index (χ2n) is 4.39. The molecule has 0 aliphatic heterocycles. The summed E-state index contributed by atoms with van der Waals surface area (Å²) in [7, 11) is 0. The molecule has 0 saturated heterocycles.